The summed E-state index contributed by atoms with van der Waals surface area (Å²) in [6.07, 6.45) is 0. The standard InChI is InChI=1S/C12H12N2.C8H9NO/c13-11-5-1-9(2-6-11)10-3-7-12(14)8-4-10;1-6(10)7-2-4-8(9)5-3-7/h1-8H,13-14H2;2-5H,9H2,1H3. The van der Waals surface area contributed by atoms with E-state index in [0.29, 0.717) is 11.3 Å². The number of nitrogen functional groups attached to an aromatic ring is 3. The molecule has 4 nitrogen and oxygen atoms in total. The summed E-state index contributed by atoms with van der Waals surface area (Å²) in [5.41, 5.74) is 21.9. The summed E-state index contributed by atoms with van der Waals surface area (Å²) in [5.74, 6) is 0.0694. The number of rotatable bonds is 2. The average molecular weight is 319 g/mol. The van der Waals surface area contributed by atoms with E-state index in [2.05, 4.69) is 0 Å². The summed E-state index contributed by atoms with van der Waals surface area (Å²) in [5, 5.41) is 0. The third-order valence-corrected chi connectivity index (χ3v) is 3.47. The fourth-order valence-electron chi connectivity index (χ4n) is 2.07. The molecule has 122 valence electrons. The molecule has 3 aromatic carbocycles. The topological polar surface area (TPSA) is 95.1 Å². The van der Waals surface area contributed by atoms with Gasteiger partial charge in [0, 0.05) is 22.6 Å². The van der Waals surface area contributed by atoms with Crippen molar-refractivity contribution in [3.05, 3.63) is 78.4 Å². The van der Waals surface area contributed by atoms with Gasteiger partial charge in [0.15, 0.2) is 5.78 Å². The van der Waals surface area contributed by atoms with Gasteiger partial charge in [-0.2, -0.15) is 0 Å². The van der Waals surface area contributed by atoms with Crippen LogP contribution in [0.3, 0.4) is 0 Å². The normalized spacial score (nSPS) is 9.71. The van der Waals surface area contributed by atoms with Gasteiger partial charge < -0.3 is 17.2 Å². The maximum atomic E-state index is 10.7. The first-order valence-electron chi connectivity index (χ1n) is 7.53. The van der Waals surface area contributed by atoms with Crippen LogP contribution >= 0.6 is 0 Å². The fraction of sp³-hybridized carbons (Fsp3) is 0.0500. The van der Waals surface area contributed by atoms with Crippen LogP contribution in [0, 0.1) is 0 Å². The molecule has 0 aliphatic rings. The molecular weight excluding hydrogens is 298 g/mol. The zero-order valence-corrected chi connectivity index (χ0v) is 13.6. The minimum absolute atomic E-state index is 0.0694. The van der Waals surface area contributed by atoms with E-state index in [0.717, 1.165) is 22.5 Å². The minimum Gasteiger partial charge on any atom is -0.399 e. The second-order valence-corrected chi connectivity index (χ2v) is 5.42. The molecule has 0 aliphatic carbocycles. The van der Waals surface area contributed by atoms with Crippen molar-refractivity contribution in [2.75, 3.05) is 17.2 Å². The molecule has 3 aromatic rings. The Morgan fingerprint density at radius 2 is 0.875 bits per heavy atom. The van der Waals surface area contributed by atoms with Crippen molar-refractivity contribution in [1.29, 1.82) is 0 Å². The summed E-state index contributed by atoms with van der Waals surface area (Å²) in [7, 11) is 0. The van der Waals surface area contributed by atoms with Crippen LogP contribution in [-0.4, -0.2) is 5.78 Å². The first-order valence-corrected chi connectivity index (χ1v) is 7.53. The minimum atomic E-state index is 0.0694. The molecule has 0 fully saturated rings. The molecule has 0 amide bonds. The molecule has 0 aliphatic heterocycles. The highest BCUT2D eigenvalue weighted by atomic mass is 16.1. The number of carbonyl (C=O) groups excluding carboxylic acids is 1. The van der Waals surface area contributed by atoms with Crippen LogP contribution in [0.4, 0.5) is 17.1 Å². The number of nitrogens with two attached hydrogens (primary N) is 3. The number of hydrogen-bond donors (Lipinski definition) is 3. The number of ketones is 1. The highest BCUT2D eigenvalue weighted by Gasteiger charge is 1.96. The molecule has 0 aromatic heterocycles. The third kappa shape index (κ3) is 4.88. The van der Waals surface area contributed by atoms with E-state index < -0.39 is 0 Å². The van der Waals surface area contributed by atoms with E-state index in [1.54, 1.807) is 24.3 Å². The molecule has 6 N–H and O–H groups in total. The first-order chi connectivity index (χ1) is 11.5. The second-order valence-electron chi connectivity index (χ2n) is 5.42. The Morgan fingerprint density at radius 1 is 0.583 bits per heavy atom. The molecule has 24 heavy (non-hydrogen) atoms. The smallest absolute Gasteiger partial charge is 0.159 e. The predicted octanol–water partition coefficient (Wildman–Crippen LogP) is 3.99. The third-order valence-electron chi connectivity index (χ3n) is 3.47. The van der Waals surface area contributed by atoms with Gasteiger partial charge in [-0.15, -0.1) is 0 Å². The summed E-state index contributed by atoms with van der Waals surface area (Å²) >= 11 is 0. The second kappa shape index (κ2) is 7.83. The van der Waals surface area contributed by atoms with E-state index in [9.17, 15) is 4.79 Å². The number of anilines is 3. The van der Waals surface area contributed by atoms with Crippen LogP contribution in [-0.2, 0) is 0 Å². The van der Waals surface area contributed by atoms with Crippen molar-refractivity contribution in [3.8, 4) is 11.1 Å². The van der Waals surface area contributed by atoms with E-state index >= 15 is 0 Å². The molecule has 0 spiro atoms. The average Bonchev–Trinajstić information content (AvgIpc) is 2.57. The van der Waals surface area contributed by atoms with Gasteiger partial charge in [0.25, 0.3) is 0 Å². The van der Waals surface area contributed by atoms with Gasteiger partial charge in [-0.1, -0.05) is 24.3 Å². The maximum Gasteiger partial charge on any atom is 0.159 e. The van der Waals surface area contributed by atoms with Gasteiger partial charge in [0.05, 0.1) is 0 Å². The zero-order valence-electron chi connectivity index (χ0n) is 13.6. The van der Waals surface area contributed by atoms with Gasteiger partial charge in [-0.05, 0) is 66.6 Å². The molecule has 0 saturated carbocycles. The van der Waals surface area contributed by atoms with Crippen LogP contribution < -0.4 is 17.2 Å². The van der Waals surface area contributed by atoms with Gasteiger partial charge in [-0.25, -0.2) is 0 Å². The highest BCUT2D eigenvalue weighted by Crippen LogP contribution is 2.21. The first kappa shape index (κ1) is 17.1. The SMILES string of the molecule is CC(=O)c1ccc(N)cc1.Nc1ccc(-c2ccc(N)cc2)cc1. The van der Waals surface area contributed by atoms with Crippen molar-refractivity contribution in [2.45, 2.75) is 6.92 Å². The lowest BCUT2D eigenvalue weighted by molar-refractivity contribution is 0.101. The Balaban J connectivity index is 0.000000185. The monoisotopic (exact) mass is 319 g/mol. The molecule has 0 radical (unpaired) electrons. The Bertz CT molecular complexity index is 748. The van der Waals surface area contributed by atoms with E-state index in [4.69, 9.17) is 17.2 Å². The molecule has 0 heterocycles. The van der Waals surface area contributed by atoms with Crippen molar-refractivity contribution < 1.29 is 4.79 Å². The van der Waals surface area contributed by atoms with Crippen LogP contribution in [0.1, 0.15) is 17.3 Å². The van der Waals surface area contributed by atoms with Crippen LogP contribution in [0.15, 0.2) is 72.8 Å². The number of Topliss-reactive ketones (excluding diaryl/α,β-unsaturated/α-hetero) is 1. The fourth-order valence-corrected chi connectivity index (χ4v) is 2.07. The quantitative estimate of drug-likeness (QED) is 0.491. The van der Waals surface area contributed by atoms with E-state index in [1.807, 2.05) is 48.5 Å². The van der Waals surface area contributed by atoms with Crippen LogP contribution in [0.25, 0.3) is 11.1 Å². The van der Waals surface area contributed by atoms with Gasteiger partial charge in [-0.3, -0.25) is 4.79 Å². The summed E-state index contributed by atoms with van der Waals surface area (Å²) in [6.45, 7) is 1.53. The Hall–Kier alpha value is -3.27. The largest absolute Gasteiger partial charge is 0.399 e. The lowest BCUT2D eigenvalue weighted by Crippen LogP contribution is -1.91. The maximum absolute atomic E-state index is 10.7. The van der Waals surface area contributed by atoms with Gasteiger partial charge in [0.2, 0.25) is 0 Å². The molecule has 3 rings (SSSR count). The molecular formula is C20H21N3O. The molecule has 0 saturated heterocycles. The Morgan fingerprint density at radius 3 is 1.17 bits per heavy atom. The molecule has 0 unspecified atom stereocenters. The van der Waals surface area contributed by atoms with Crippen LogP contribution in [0.5, 0.6) is 0 Å². The van der Waals surface area contributed by atoms with E-state index in [-0.39, 0.29) is 5.78 Å². The number of hydrogen-bond acceptors (Lipinski definition) is 4. The number of carbonyl (C=O) groups is 1. The molecule has 4 heteroatoms. The van der Waals surface area contributed by atoms with Crippen molar-refractivity contribution in [2.24, 2.45) is 0 Å². The lowest BCUT2D eigenvalue weighted by atomic mass is 10.1. The van der Waals surface area contributed by atoms with Gasteiger partial charge in [0.1, 0.15) is 0 Å². The van der Waals surface area contributed by atoms with E-state index in [1.165, 1.54) is 6.92 Å². The Labute approximate surface area is 141 Å². The lowest BCUT2D eigenvalue weighted by Gasteiger charge is -2.02. The molecule has 0 bridgehead atoms. The van der Waals surface area contributed by atoms with Crippen LogP contribution in [0.2, 0.25) is 0 Å². The highest BCUT2D eigenvalue weighted by molar-refractivity contribution is 5.94. The van der Waals surface area contributed by atoms with Gasteiger partial charge >= 0.3 is 0 Å². The van der Waals surface area contributed by atoms with Crippen molar-refractivity contribution in [3.63, 3.8) is 0 Å². The summed E-state index contributed by atoms with van der Waals surface area (Å²) < 4.78 is 0. The molecule has 0 atom stereocenters. The van der Waals surface area contributed by atoms with Crippen molar-refractivity contribution in [1.82, 2.24) is 0 Å². The Kier molecular flexibility index (Phi) is 5.58. The van der Waals surface area contributed by atoms with Crippen molar-refractivity contribution >= 4 is 22.8 Å². The summed E-state index contributed by atoms with van der Waals surface area (Å²) in [4.78, 5) is 10.7. The predicted molar refractivity (Wildman–Crippen MR) is 102 cm³/mol. The summed E-state index contributed by atoms with van der Waals surface area (Å²) in [6, 6.07) is 22.5. The number of benzene rings is 3. The zero-order chi connectivity index (χ0) is 17.5.